The molecule has 0 aliphatic carbocycles. The van der Waals surface area contributed by atoms with Gasteiger partial charge in [-0.3, -0.25) is 4.68 Å². The van der Waals surface area contributed by atoms with Crippen molar-refractivity contribution in [1.82, 2.24) is 9.78 Å². The topological polar surface area (TPSA) is 51.2 Å². The number of furan rings is 1. The molecule has 0 saturated carbocycles. The summed E-state index contributed by atoms with van der Waals surface area (Å²) in [6, 6.07) is 3.88. The molecule has 2 heterocycles. The first-order valence-electron chi connectivity index (χ1n) is 5.80. The van der Waals surface area contributed by atoms with Crippen molar-refractivity contribution >= 4 is 0 Å². The first-order chi connectivity index (χ1) is 8.08. The zero-order valence-electron chi connectivity index (χ0n) is 10.5. The van der Waals surface area contributed by atoms with E-state index in [0.717, 1.165) is 29.2 Å². The van der Waals surface area contributed by atoms with E-state index in [4.69, 9.17) is 4.42 Å². The quantitative estimate of drug-likeness (QED) is 0.883. The van der Waals surface area contributed by atoms with Crippen molar-refractivity contribution in [3.05, 3.63) is 41.1 Å². The number of rotatable bonds is 4. The molecule has 1 unspecified atom stereocenters. The van der Waals surface area contributed by atoms with Crippen LogP contribution in [0.5, 0.6) is 0 Å². The highest BCUT2D eigenvalue weighted by atomic mass is 16.3. The predicted octanol–water partition coefficient (Wildman–Crippen LogP) is 2.30. The number of aliphatic hydroxyl groups excluding tert-OH is 1. The zero-order chi connectivity index (χ0) is 12.4. The van der Waals surface area contributed by atoms with E-state index in [1.54, 1.807) is 6.20 Å². The lowest BCUT2D eigenvalue weighted by atomic mass is 10.0. The van der Waals surface area contributed by atoms with Gasteiger partial charge in [0, 0.05) is 24.5 Å². The minimum atomic E-state index is -0.470. The number of hydrogen-bond acceptors (Lipinski definition) is 3. The molecule has 0 fully saturated rings. The second-order valence-corrected chi connectivity index (χ2v) is 4.37. The van der Waals surface area contributed by atoms with Gasteiger partial charge < -0.3 is 9.52 Å². The third kappa shape index (κ3) is 2.58. The normalized spacial score (nSPS) is 12.9. The number of aryl methyl sites for hydroxylation is 4. The van der Waals surface area contributed by atoms with Crippen LogP contribution in [0.25, 0.3) is 0 Å². The van der Waals surface area contributed by atoms with E-state index in [1.165, 1.54) is 0 Å². The Balaban J connectivity index is 2.00. The second kappa shape index (κ2) is 4.75. The number of nitrogens with zero attached hydrogens (tertiary/aromatic N) is 2. The molecular formula is C13H18N2O2. The Kier molecular flexibility index (Phi) is 3.33. The molecule has 2 aromatic rings. The smallest absolute Gasteiger partial charge is 0.106 e. The van der Waals surface area contributed by atoms with Crippen molar-refractivity contribution in [2.45, 2.75) is 32.8 Å². The Morgan fingerprint density at radius 3 is 2.76 bits per heavy atom. The van der Waals surface area contributed by atoms with Crippen molar-refractivity contribution in [1.29, 1.82) is 0 Å². The van der Waals surface area contributed by atoms with Crippen molar-refractivity contribution in [3.63, 3.8) is 0 Å². The van der Waals surface area contributed by atoms with Crippen molar-refractivity contribution in [2.75, 3.05) is 0 Å². The summed E-state index contributed by atoms with van der Waals surface area (Å²) in [6.07, 6.45) is 2.79. The van der Waals surface area contributed by atoms with E-state index in [-0.39, 0.29) is 0 Å². The van der Waals surface area contributed by atoms with Crippen LogP contribution < -0.4 is 0 Å². The molecular weight excluding hydrogens is 216 g/mol. The van der Waals surface area contributed by atoms with Gasteiger partial charge in [0.1, 0.15) is 11.5 Å². The van der Waals surface area contributed by atoms with Crippen LogP contribution in [0.15, 0.2) is 22.7 Å². The summed E-state index contributed by atoms with van der Waals surface area (Å²) in [4.78, 5) is 0. The van der Waals surface area contributed by atoms with Gasteiger partial charge in [0.2, 0.25) is 0 Å². The summed E-state index contributed by atoms with van der Waals surface area (Å²) in [5.74, 6) is 1.65. The summed E-state index contributed by atoms with van der Waals surface area (Å²) >= 11 is 0. The molecule has 0 aliphatic rings. The summed E-state index contributed by atoms with van der Waals surface area (Å²) in [6.45, 7) is 3.78. The van der Waals surface area contributed by atoms with Crippen LogP contribution in [0.4, 0.5) is 0 Å². The second-order valence-electron chi connectivity index (χ2n) is 4.37. The molecule has 1 N–H and O–H groups in total. The minimum Gasteiger partial charge on any atom is -0.466 e. The average molecular weight is 234 g/mol. The molecule has 2 rings (SSSR count). The molecule has 0 aromatic carbocycles. The Morgan fingerprint density at radius 1 is 1.47 bits per heavy atom. The molecule has 0 amide bonds. The molecule has 1 atom stereocenters. The summed E-state index contributed by atoms with van der Waals surface area (Å²) in [5.41, 5.74) is 2.02. The Morgan fingerprint density at radius 2 is 2.24 bits per heavy atom. The van der Waals surface area contributed by atoms with Crippen LogP contribution in [0.2, 0.25) is 0 Å². The Labute approximate surface area is 101 Å². The van der Waals surface area contributed by atoms with E-state index in [2.05, 4.69) is 5.10 Å². The average Bonchev–Trinajstić information content (AvgIpc) is 2.81. The van der Waals surface area contributed by atoms with Gasteiger partial charge in [0.05, 0.1) is 6.10 Å². The van der Waals surface area contributed by atoms with E-state index >= 15 is 0 Å². The molecule has 92 valence electrons. The van der Waals surface area contributed by atoms with Crippen molar-refractivity contribution in [2.24, 2.45) is 7.05 Å². The molecule has 0 saturated heterocycles. The van der Waals surface area contributed by atoms with Gasteiger partial charge in [-0.2, -0.15) is 5.10 Å². The van der Waals surface area contributed by atoms with Crippen LogP contribution in [0.1, 0.15) is 35.3 Å². The van der Waals surface area contributed by atoms with Gasteiger partial charge in [-0.05, 0) is 38.8 Å². The maximum Gasteiger partial charge on any atom is 0.106 e. The van der Waals surface area contributed by atoms with Crippen LogP contribution in [-0.2, 0) is 13.5 Å². The predicted molar refractivity (Wildman–Crippen MR) is 64.7 cm³/mol. The monoisotopic (exact) mass is 234 g/mol. The number of aromatic nitrogens is 2. The van der Waals surface area contributed by atoms with Crippen LogP contribution in [0, 0.1) is 13.8 Å². The lowest BCUT2D eigenvalue weighted by molar-refractivity contribution is 0.165. The third-order valence-electron chi connectivity index (χ3n) is 3.03. The van der Waals surface area contributed by atoms with Crippen molar-refractivity contribution < 1.29 is 9.52 Å². The molecule has 0 bridgehead atoms. The minimum absolute atomic E-state index is 0.470. The highest BCUT2D eigenvalue weighted by molar-refractivity contribution is 5.22. The fourth-order valence-electron chi connectivity index (χ4n) is 2.07. The SMILES string of the molecule is Cc1cc(C(O)CCc2ccnn2C)c(C)o1. The third-order valence-corrected chi connectivity index (χ3v) is 3.03. The van der Waals surface area contributed by atoms with Gasteiger partial charge in [-0.15, -0.1) is 0 Å². The zero-order valence-corrected chi connectivity index (χ0v) is 10.5. The van der Waals surface area contributed by atoms with Crippen LogP contribution in [0.3, 0.4) is 0 Å². The number of hydrogen-bond donors (Lipinski definition) is 1. The maximum absolute atomic E-state index is 10.1. The lowest BCUT2D eigenvalue weighted by Crippen LogP contribution is -2.03. The standard InChI is InChI=1S/C13H18N2O2/c1-9-8-12(10(2)17-9)13(16)5-4-11-6-7-14-15(11)3/h6-8,13,16H,4-5H2,1-3H3. The van der Waals surface area contributed by atoms with Gasteiger partial charge in [-0.25, -0.2) is 0 Å². The molecule has 0 spiro atoms. The maximum atomic E-state index is 10.1. The van der Waals surface area contributed by atoms with Gasteiger partial charge in [-0.1, -0.05) is 0 Å². The fraction of sp³-hybridized carbons (Fsp3) is 0.462. The molecule has 4 nitrogen and oxygen atoms in total. The van der Waals surface area contributed by atoms with Crippen LogP contribution in [-0.4, -0.2) is 14.9 Å². The van der Waals surface area contributed by atoms with Crippen LogP contribution >= 0.6 is 0 Å². The molecule has 2 aromatic heterocycles. The highest BCUT2D eigenvalue weighted by Gasteiger charge is 2.14. The summed E-state index contributed by atoms with van der Waals surface area (Å²) in [7, 11) is 1.91. The fourth-order valence-corrected chi connectivity index (χ4v) is 2.07. The molecule has 17 heavy (non-hydrogen) atoms. The molecule has 0 radical (unpaired) electrons. The number of aliphatic hydroxyl groups is 1. The lowest BCUT2D eigenvalue weighted by Gasteiger charge is -2.09. The largest absolute Gasteiger partial charge is 0.466 e. The summed E-state index contributed by atoms with van der Waals surface area (Å²) in [5, 5.41) is 14.2. The Bertz CT molecular complexity index is 499. The molecule has 4 heteroatoms. The van der Waals surface area contributed by atoms with E-state index in [1.807, 2.05) is 37.7 Å². The van der Waals surface area contributed by atoms with Gasteiger partial charge in [0.25, 0.3) is 0 Å². The first-order valence-corrected chi connectivity index (χ1v) is 5.80. The van der Waals surface area contributed by atoms with E-state index in [0.29, 0.717) is 6.42 Å². The van der Waals surface area contributed by atoms with E-state index in [9.17, 15) is 5.11 Å². The van der Waals surface area contributed by atoms with Gasteiger partial charge in [0.15, 0.2) is 0 Å². The highest BCUT2D eigenvalue weighted by Crippen LogP contribution is 2.24. The van der Waals surface area contributed by atoms with Gasteiger partial charge >= 0.3 is 0 Å². The summed E-state index contributed by atoms with van der Waals surface area (Å²) < 4.78 is 7.25. The molecule has 0 aliphatic heterocycles. The Hall–Kier alpha value is -1.55. The van der Waals surface area contributed by atoms with E-state index < -0.39 is 6.10 Å². The first kappa shape index (κ1) is 11.9. The van der Waals surface area contributed by atoms with Crippen molar-refractivity contribution in [3.8, 4) is 0 Å².